The molecule has 0 spiro atoms. The second kappa shape index (κ2) is 15.8. The zero-order valence-corrected chi connectivity index (χ0v) is 16.2. The summed E-state index contributed by atoms with van der Waals surface area (Å²) >= 11 is 0. The van der Waals surface area contributed by atoms with E-state index in [1.807, 2.05) is 0 Å². The van der Waals surface area contributed by atoms with Crippen molar-refractivity contribution in [2.45, 2.75) is 84.5 Å². The molecule has 142 valence electrons. The van der Waals surface area contributed by atoms with Gasteiger partial charge in [0.25, 0.3) is 0 Å². The molecule has 0 N–H and O–H groups in total. The van der Waals surface area contributed by atoms with Gasteiger partial charge in [0.1, 0.15) is 13.5 Å². The highest BCUT2D eigenvalue weighted by molar-refractivity contribution is 4.88. The van der Waals surface area contributed by atoms with Gasteiger partial charge in [-0.2, -0.15) is 0 Å². The van der Waals surface area contributed by atoms with E-state index in [-0.39, 0.29) is 0 Å². The smallest absolute Gasteiger partial charge is 0.119 e. The minimum absolute atomic E-state index is 0.686. The average Bonchev–Trinajstić information content (AvgIpc) is 3.04. The SMILES string of the molecule is CCCCCCCCCCCOCN1C=CN(COCCCC)C1. The van der Waals surface area contributed by atoms with Crippen molar-refractivity contribution >= 4 is 0 Å². The van der Waals surface area contributed by atoms with Gasteiger partial charge >= 0.3 is 0 Å². The van der Waals surface area contributed by atoms with Crippen molar-refractivity contribution in [2.75, 3.05) is 33.3 Å². The number of rotatable bonds is 17. The standard InChI is InChI=1S/C20H40N2O2/c1-3-5-7-8-9-10-11-12-13-17-24-20-22-15-14-21(18-22)19-23-16-6-4-2/h14-15H,3-13,16-20H2,1-2H3. The van der Waals surface area contributed by atoms with E-state index >= 15 is 0 Å². The minimum atomic E-state index is 0.686. The van der Waals surface area contributed by atoms with Crippen LogP contribution in [0.1, 0.15) is 84.5 Å². The normalized spacial score (nSPS) is 14.1. The Morgan fingerprint density at radius 3 is 1.62 bits per heavy atom. The molecule has 1 rings (SSSR count). The van der Waals surface area contributed by atoms with Gasteiger partial charge < -0.3 is 19.3 Å². The molecule has 0 radical (unpaired) electrons. The first-order chi connectivity index (χ1) is 11.9. The highest BCUT2D eigenvalue weighted by Gasteiger charge is 2.11. The number of unbranched alkanes of at least 4 members (excludes halogenated alkanes) is 9. The molecule has 4 nitrogen and oxygen atoms in total. The van der Waals surface area contributed by atoms with Crippen molar-refractivity contribution in [1.29, 1.82) is 0 Å². The van der Waals surface area contributed by atoms with Crippen LogP contribution in [0.15, 0.2) is 12.4 Å². The zero-order valence-electron chi connectivity index (χ0n) is 16.2. The van der Waals surface area contributed by atoms with E-state index in [0.29, 0.717) is 13.5 Å². The average molecular weight is 341 g/mol. The van der Waals surface area contributed by atoms with Crippen molar-refractivity contribution < 1.29 is 9.47 Å². The second-order valence-electron chi connectivity index (χ2n) is 6.87. The molecule has 0 aromatic rings. The first-order valence-electron chi connectivity index (χ1n) is 10.2. The fraction of sp³-hybridized carbons (Fsp3) is 0.900. The van der Waals surface area contributed by atoms with Crippen LogP contribution in [-0.4, -0.2) is 43.1 Å². The molecule has 0 bridgehead atoms. The van der Waals surface area contributed by atoms with Crippen molar-refractivity contribution in [3.05, 3.63) is 12.4 Å². The topological polar surface area (TPSA) is 24.9 Å². The first kappa shape index (κ1) is 21.3. The van der Waals surface area contributed by atoms with Crippen LogP contribution in [0.4, 0.5) is 0 Å². The molecule has 4 heteroatoms. The van der Waals surface area contributed by atoms with Crippen LogP contribution in [0.25, 0.3) is 0 Å². The summed E-state index contributed by atoms with van der Waals surface area (Å²) < 4.78 is 11.4. The fourth-order valence-electron chi connectivity index (χ4n) is 2.81. The molecule has 0 amide bonds. The number of hydrogen-bond donors (Lipinski definition) is 0. The van der Waals surface area contributed by atoms with Crippen LogP contribution >= 0.6 is 0 Å². The lowest BCUT2D eigenvalue weighted by Crippen LogP contribution is -2.29. The highest BCUT2D eigenvalue weighted by atomic mass is 16.5. The van der Waals surface area contributed by atoms with Crippen LogP contribution < -0.4 is 0 Å². The third kappa shape index (κ3) is 11.7. The van der Waals surface area contributed by atoms with Crippen LogP contribution in [-0.2, 0) is 9.47 Å². The fourth-order valence-corrected chi connectivity index (χ4v) is 2.81. The van der Waals surface area contributed by atoms with Gasteiger partial charge in [-0.3, -0.25) is 0 Å². The summed E-state index contributed by atoms with van der Waals surface area (Å²) in [6, 6.07) is 0. The van der Waals surface area contributed by atoms with E-state index in [1.54, 1.807) is 0 Å². The van der Waals surface area contributed by atoms with Crippen molar-refractivity contribution in [2.24, 2.45) is 0 Å². The van der Waals surface area contributed by atoms with Crippen molar-refractivity contribution in [3.63, 3.8) is 0 Å². The van der Waals surface area contributed by atoms with Gasteiger partial charge in [-0.15, -0.1) is 0 Å². The molecule has 1 aliphatic heterocycles. The summed E-state index contributed by atoms with van der Waals surface area (Å²) in [5.74, 6) is 0. The number of ether oxygens (including phenoxy) is 2. The quantitative estimate of drug-likeness (QED) is 0.335. The van der Waals surface area contributed by atoms with Gasteiger partial charge in [0.15, 0.2) is 0 Å². The van der Waals surface area contributed by atoms with Gasteiger partial charge in [-0.05, 0) is 12.8 Å². The Balaban J connectivity index is 1.81. The Labute approximate surface area is 150 Å². The summed E-state index contributed by atoms with van der Waals surface area (Å²) in [4.78, 5) is 4.37. The van der Waals surface area contributed by atoms with Gasteiger partial charge in [0.2, 0.25) is 0 Å². The Bertz CT molecular complexity index is 297. The highest BCUT2D eigenvalue weighted by Crippen LogP contribution is 2.10. The Morgan fingerprint density at radius 1 is 0.625 bits per heavy atom. The molecule has 0 aromatic heterocycles. The third-order valence-corrected chi connectivity index (χ3v) is 4.40. The van der Waals surface area contributed by atoms with E-state index in [2.05, 4.69) is 36.0 Å². The van der Waals surface area contributed by atoms with Gasteiger partial charge in [-0.25, -0.2) is 0 Å². The lowest BCUT2D eigenvalue weighted by atomic mass is 10.1. The Morgan fingerprint density at radius 2 is 1.08 bits per heavy atom. The first-order valence-corrected chi connectivity index (χ1v) is 10.2. The maximum Gasteiger partial charge on any atom is 0.119 e. The lowest BCUT2D eigenvalue weighted by molar-refractivity contribution is 0.00999. The molecule has 0 unspecified atom stereocenters. The molecule has 1 heterocycles. The maximum absolute atomic E-state index is 5.78. The zero-order chi connectivity index (χ0) is 17.3. The Hall–Kier alpha value is -0.740. The Kier molecular flexibility index (Phi) is 14.0. The van der Waals surface area contributed by atoms with E-state index in [9.17, 15) is 0 Å². The summed E-state index contributed by atoms with van der Waals surface area (Å²) in [6.45, 7) is 8.46. The predicted octanol–water partition coefficient (Wildman–Crippen LogP) is 5.31. The van der Waals surface area contributed by atoms with Crippen LogP contribution in [0.5, 0.6) is 0 Å². The second-order valence-corrected chi connectivity index (χ2v) is 6.87. The molecular formula is C20H40N2O2. The van der Waals surface area contributed by atoms with Gasteiger partial charge in [0, 0.05) is 25.6 Å². The van der Waals surface area contributed by atoms with Crippen molar-refractivity contribution in [3.8, 4) is 0 Å². The lowest BCUT2D eigenvalue weighted by Gasteiger charge is -2.21. The van der Waals surface area contributed by atoms with Crippen LogP contribution in [0.2, 0.25) is 0 Å². The number of hydrogen-bond acceptors (Lipinski definition) is 4. The number of nitrogens with zero attached hydrogens (tertiary/aromatic N) is 2. The van der Waals surface area contributed by atoms with Gasteiger partial charge in [-0.1, -0.05) is 71.6 Å². The third-order valence-electron chi connectivity index (χ3n) is 4.40. The van der Waals surface area contributed by atoms with Crippen LogP contribution in [0.3, 0.4) is 0 Å². The molecule has 0 saturated carbocycles. The summed E-state index contributed by atoms with van der Waals surface area (Å²) in [6.07, 6.45) is 18.8. The molecular weight excluding hydrogens is 300 g/mol. The summed E-state index contributed by atoms with van der Waals surface area (Å²) in [5, 5.41) is 0. The van der Waals surface area contributed by atoms with E-state index in [0.717, 1.165) is 26.3 Å². The predicted molar refractivity (Wildman–Crippen MR) is 101 cm³/mol. The monoisotopic (exact) mass is 340 g/mol. The molecule has 0 aliphatic carbocycles. The van der Waals surface area contributed by atoms with E-state index in [4.69, 9.17) is 9.47 Å². The van der Waals surface area contributed by atoms with E-state index < -0.39 is 0 Å². The molecule has 1 aliphatic rings. The molecule has 24 heavy (non-hydrogen) atoms. The van der Waals surface area contributed by atoms with Gasteiger partial charge in [0.05, 0.1) is 6.67 Å². The summed E-state index contributed by atoms with van der Waals surface area (Å²) in [7, 11) is 0. The summed E-state index contributed by atoms with van der Waals surface area (Å²) in [5.41, 5.74) is 0. The molecule has 0 atom stereocenters. The molecule has 0 aromatic carbocycles. The van der Waals surface area contributed by atoms with Crippen LogP contribution in [0, 0.1) is 0 Å². The molecule has 0 saturated heterocycles. The van der Waals surface area contributed by atoms with Crippen molar-refractivity contribution in [1.82, 2.24) is 9.80 Å². The largest absolute Gasteiger partial charge is 0.361 e. The van der Waals surface area contributed by atoms with E-state index in [1.165, 1.54) is 64.2 Å². The minimum Gasteiger partial charge on any atom is -0.361 e. The maximum atomic E-state index is 5.78. The molecule has 0 fully saturated rings.